The van der Waals surface area contributed by atoms with Gasteiger partial charge >= 0.3 is 5.69 Å². The summed E-state index contributed by atoms with van der Waals surface area (Å²) >= 11 is 0. The maximum atomic E-state index is 11.8. The van der Waals surface area contributed by atoms with Crippen molar-refractivity contribution in [3.05, 3.63) is 39.1 Å². The van der Waals surface area contributed by atoms with E-state index in [4.69, 9.17) is 5.73 Å². The van der Waals surface area contributed by atoms with Gasteiger partial charge in [0.15, 0.2) is 0 Å². The molecule has 0 aliphatic rings. The summed E-state index contributed by atoms with van der Waals surface area (Å²) in [5.41, 5.74) is 6.10. The standard InChI is InChI=1S/C12H18N6O2/c1-2-5-18-10(13)9(11(19)17-12(18)20)15-4-3-8-6-14-7-16-8/h6-7,15H,2-5,13H2,1H3,(H,14,16)(H,17,19,20). The fraction of sp³-hybridized carbons (Fsp3) is 0.417. The molecule has 2 heterocycles. The summed E-state index contributed by atoms with van der Waals surface area (Å²) < 4.78 is 1.36. The Balaban J connectivity index is 2.16. The predicted octanol–water partition coefficient (Wildman–Crippen LogP) is -0.0935. The summed E-state index contributed by atoms with van der Waals surface area (Å²) in [4.78, 5) is 32.6. The number of H-pyrrole nitrogens is 2. The summed E-state index contributed by atoms with van der Waals surface area (Å²) in [6.07, 6.45) is 4.74. The molecule has 0 spiro atoms. The second kappa shape index (κ2) is 6.09. The average Bonchev–Trinajstić information content (AvgIpc) is 2.91. The van der Waals surface area contributed by atoms with E-state index in [9.17, 15) is 9.59 Å². The molecular weight excluding hydrogens is 260 g/mol. The highest BCUT2D eigenvalue weighted by Crippen LogP contribution is 2.10. The van der Waals surface area contributed by atoms with E-state index < -0.39 is 11.2 Å². The Kier molecular flexibility index (Phi) is 4.24. The SMILES string of the molecule is CCCn1c(N)c(NCCc2cnc[nH]2)c(=O)[nH]c1=O. The third-order valence-corrected chi connectivity index (χ3v) is 2.94. The van der Waals surface area contributed by atoms with E-state index in [-0.39, 0.29) is 11.5 Å². The van der Waals surface area contributed by atoms with Gasteiger partial charge in [0.2, 0.25) is 0 Å². The molecule has 8 heteroatoms. The van der Waals surface area contributed by atoms with Crippen LogP contribution in [0.1, 0.15) is 19.0 Å². The van der Waals surface area contributed by atoms with Crippen molar-refractivity contribution < 1.29 is 0 Å². The van der Waals surface area contributed by atoms with Crippen LogP contribution in [0.15, 0.2) is 22.1 Å². The number of aromatic nitrogens is 4. The van der Waals surface area contributed by atoms with Crippen molar-refractivity contribution in [1.29, 1.82) is 0 Å². The number of nitrogens with one attached hydrogen (secondary N) is 3. The Hall–Kier alpha value is -2.51. The van der Waals surface area contributed by atoms with Gasteiger partial charge in [0, 0.05) is 31.4 Å². The molecule has 0 atom stereocenters. The molecule has 2 aromatic heterocycles. The van der Waals surface area contributed by atoms with Gasteiger partial charge in [-0.05, 0) is 6.42 Å². The molecule has 0 unspecified atom stereocenters. The lowest BCUT2D eigenvalue weighted by molar-refractivity contribution is 0.642. The van der Waals surface area contributed by atoms with Crippen molar-refractivity contribution in [3.63, 3.8) is 0 Å². The van der Waals surface area contributed by atoms with Crippen molar-refractivity contribution in [1.82, 2.24) is 19.5 Å². The smallest absolute Gasteiger partial charge is 0.330 e. The van der Waals surface area contributed by atoms with Crippen LogP contribution in [-0.2, 0) is 13.0 Å². The summed E-state index contributed by atoms with van der Waals surface area (Å²) in [6.45, 7) is 2.92. The van der Waals surface area contributed by atoms with E-state index in [1.54, 1.807) is 12.5 Å². The Bertz CT molecular complexity index is 670. The van der Waals surface area contributed by atoms with E-state index in [0.29, 0.717) is 19.5 Å². The molecule has 0 aromatic carbocycles. The quantitative estimate of drug-likeness (QED) is 0.588. The molecule has 5 N–H and O–H groups in total. The molecule has 20 heavy (non-hydrogen) atoms. The molecule has 0 radical (unpaired) electrons. The maximum Gasteiger partial charge on any atom is 0.330 e. The summed E-state index contributed by atoms with van der Waals surface area (Å²) in [5.74, 6) is 0.171. The highest BCUT2D eigenvalue weighted by atomic mass is 16.2. The van der Waals surface area contributed by atoms with Crippen LogP contribution in [0.5, 0.6) is 0 Å². The minimum atomic E-state index is -0.496. The van der Waals surface area contributed by atoms with Gasteiger partial charge in [-0.1, -0.05) is 6.92 Å². The molecule has 2 aromatic rings. The van der Waals surface area contributed by atoms with Gasteiger partial charge in [-0.25, -0.2) is 9.78 Å². The van der Waals surface area contributed by atoms with E-state index in [1.165, 1.54) is 4.57 Å². The van der Waals surface area contributed by atoms with Crippen molar-refractivity contribution >= 4 is 11.5 Å². The number of aromatic amines is 2. The highest BCUT2D eigenvalue weighted by molar-refractivity contribution is 5.60. The van der Waals surface area contributed by atoms with E-state index in [1.807, 2.05) is 6.92 Å². The van der Waals surface area contributed by atoms with Crippen molar-refractivity contribution in [2.75, 3.05) is 17.6 Å². The monoisotopic (exact) mass is 278 g/mol. The molecule has 0 bridgehead atoms. The lowest BCUT2D eigenvalue weighted by atomic mass is 10.3. The van der Waals surface area contributed by atoms with Crippen LogP contribution in [0.4, 0.5) is 11.5 Å². The molecule has 8 nitrogen and oxygen atoms in total. The average molecular weight is 278 g/mol. The predicted molar refractivity (Wildman–Crippen MR) is 76.8 cm³/mol. The molecule has 0 saturated carbocycles. The van der Waals surface area contributed by atoms with Crippen molar-refractivity contribution in [2.24, 2.45) is 0 Å². The molecule has 0 amide bonds. The first-order chi connectivity index (χ1) is 9.63. The largest absolute Gasteiger partial charge is 0.383 e. The Morgan fingerprint density at radius 1 is 1.45 bits per heavy atom. The third kappa shape index (κ3) is 2.90. The number of imidazole rings is 1. The van der Waals surface area contributed by atoms with E-state index >= 15 is 0 Å². The Labute approximate surface area is 115 Å². The summed E-state index contributed by atoms with van der Waals surface area (Å²) in [6, 6.07) is 0. The van der Waals surface area contributed by atoms with Gasteiger partial charge in [0.1, 0.15) is 11.5 Å². The number of nitrogens with zero attached hydrogens (tertiary/aromatic N) is 2. The zero-order chi connectivity index (χ0) is 14.5. The van der Waals surface area contributed by atoms with E-state index in [0.717, 1.165) is 12.1 Å². The summed E-state index contributed by atoms with van der Waals surface area (Å²) in [7, 11) is 0. The fourth-order valence-electron chi connectivity index (χ4n) is 1.95. The maximum absolute atomic E-state index is 11.8. The minimum Gasteiger partial charge on any atom is -0.383 e. The third-order valence-electron chi connectivity index (χ3n) is 2.94. The van der Waals surface area contributed by atoms with Crippen LogP contribution in [0, 0.1) is 0 Å². The van der Waals surface area contributed by atoms with Crippen LogP contribution in [0.2, 0.25) is 0 Å². The van der Waals surface area contributed by atoms with Gasteiger partial charge in [0.25, 0.3) is 5.56 Å². The van der Waals surface area contributed by atoms with Gasteiger partial charge in [-0.2, -0.15) is 0 Å². The zero-order valence-electron chi connectivity index (χ0n) is 11.3. The highest BCUT2D eigenvalue weighted by Gasteiger charge is 2.11. The molecular formula is C12H18N6O2. The van der Waals surface area contributed by atoms with Gasteiger partial charge in [-0.3, -0.25) is 14.3 Å². The number of nitrogens with two attached hydrogens (primary N) is 1. The molecule has 0 saturated heterocycles. The first-order valence-electron chi connectivity index (χ1n) is 6.47. The second-order valence-electron chi connectivity index (χ2n) is 4.42. The number of hydrogen-bond donors (Lipinski definition) is 4. The second-order valence-corrected chi connectivity index (χ2v) is 4.42. The van der Waals surface area contributed by atoms with Crippen LogP contribution in [0.25, 0.3) is 0 Å². The van der Waals surface area contributed by atoms with Gasteiger partial charge < -0.3 is 16.0 Å². The number of rotatable bonds is 6. The molecule has 0 fully saturated rings. The first-order valence-corrected chi connectivity index (χ1v) is 6.47. The van der Waals surface area contributed by atoms with Gasteiger partial charge in [-0.15, -0.1) is 0 Å². The molecule has 2 rings (SSSR count). The molecule has 0 aliphatic heterocycles. The molecule has 0 aliphatic carbocycles. The number of nitrogen functional groups attached to an aromatic ring is 1. The molecule has 108 valence electrons. The lowest BCUT2D eigenvalue weighted by Crippen LogP contribution is -2.34. The van der Waals surface area contributed by atoms with Crippen LogP contribution < -0.4 is 22.3 Å². The Morgan fingerprint density at radius 2 is 2.25 bits per heavy atom. The van der Waals surface area contributed by atoms with Gasteiger partial charge in [0.05, 0.1) is 6.33 Å². The van der Waals surface area contributed by atoms with Crippen LogP contribution in [0.3, 0.4) is 0 Å². The summed E-state index contributed by atoms with van der Waals surface area (Å²) in [5, 5.41) is 2.97. The van der Waals surface area contributed by atoms with Crippen LogP contribution >= 0.6 is 0 Å². The van der Waals surface area contributed by atoms with E-state index in [2.05, 4.69) is 20.3 Å². The lowest BCUT2D eigenvalue weighted by Gasteiger charge is -2.12. The van der Waals surface area contributed by atoms with Crippen molar-refractivity contribution in [3.8, 4) is 0 Å². The number of anilines is 2. The first kappa shape index (κ1) is 13.9. The normalized spacial score (nSPS) is 10.7. The Morgan fingerprint density at radius 3 is 2.90 bits per heavy atom. The van der Waals surface area contributed by atoms with Crippen molar-refractivity contribution in [2.45, 2.75) is 26.3 Å². The van der Waals surface area contributed by atoms with Crippen LogP contribution in [-0.4, -0.2) is 26.1 Å². The fourth-order valence-corrected chi connectivity index (χ4v) is 1.95. The number of hydrogen-bond acceptors (Lipinski definition) is 5. The zero-order valence-corrected chi connectivity index (χ0v) is 11.3. The topological polar surface area (TPSA) is 122 Å². The minimum absolute atomic E-state index is 0.171.